The first-order valence-corrected chi connectivity index (χ1v) is 7.93. The minimum atomic E-state index is -0.325. The van der Waals surface area contributed by atoms with Crippen LogP contribution in [0.25, 0.3) is 11.2 Å². The third-order valence-corrected chi connectivity index (χ3v) is 4.03. The van der Waals surface area contributed by atoms with Gasteiger partial charge in [-0.2, -0.15) is 0 Å². The van der Waals surface area contributed by atoms with Gasteiger partial charge in [-0.1, -0.05) is 31.3 Å². The van der Waals surface area contributed by atoms with Crippen LogP contribution in [0.15, 0.2) is 17.2 Å². The van der Waals surface area contributed by atoms with Gasteiger partial charge in [-0.25, -0.2) is 28.7 Å². The molecular formula is C14H15ClN6OS. The standard InChI is InChI=1S/C14H15ClN6OS/c1-3-4-10-18-12(15)11-13(19-10)20(14(22)21(11)23)7-9-5-16-8(2)17-6-9/h5-6,23H,3-4,7H2,1-2H3. The van der Waals surface area contributed by atoms with Crippen LogP contribution < -0.4 is 5.69 Å². The molecule has 120 valence electrons. The molecule has 0 bridgehead atoms. The van der Waals surface area contributed by atoms with Crippen molar-refractivity contribution in [3.63, 3.8) is 0 Å². The molecule has 3 aromatic rings. The van der Waals surface area contributed by atoms with E-state index in [2.05, 4.69) is 32.8 Å². The fourth-order valence-electron chi connectivity index (χ4n) is 2.29. The van der Waals surface area contributed by atoms with E-state index < -0.39 is 0 Å². The van der Waals surface area contributed by atoms with E-state index in [-0.39, 0.29) is 10.8 Å². The first-order chi connectivity index (χ1) is 11.0. The zero-order valence-corrected chi connectivity index (χ0v) is 14.3. The molecule has 7 nitrogen and oxygen atoms in total. The van der Waals surface area contributed by atoms with Crippen molar-refractivity contribution >= 4 is 35.6 Å². The SMILES string of the molecule is CCCc1nc(Cl)c2c(n1)n(Cc1cnc(C)nc1)c(=O)n2S. The number of aryl methyl sites for hydroxylation is 2. The quantitative estimate of drug-likeness (QED) is 0.575. The van der Waals surface area contributed by atoms with E-state index in [0.717, 1.165) is 12.0 Å². The summed E-state index contributed by atoms with van der Waals surface area (Å²) in [5.41, 5.74) is 1.35. The average molecular weight is 351 g/mol. The van der Waals surface area contributed by atoms with Gasteiger partial charge in [-0.15, -0.1) is 0 Å². The molecule has 0 aromatic carbocycles. The maximum atomic E-state index is 12.5. The van der Waals surface area contributed by atoms with Crippen molar-refractivity contribution < 1.29 is 0 Å². The fraction of sp³-hybridized carbons (Fsp3) is 0.357. The number of thiol groups is 1. The first kappa shape index (κ1) is 15.9. The Morgan fingerprint density at radius 2 is 1.96 bits per heavy atom. The third-order valence-electron chi connectivity index (χ3n) is 3.40. The molecule has 0 atom stereocenters. The van der Waals surface area contributed by atoms with E-state index in [9.17, 15) is 4.79 Å². The van der Waals surface area contributed by atoms with Crippen molar-refractivity contribution in [1.29, 1.82) is 0 Å². The van der Waals surface area contributed by atoms with Crippen LogP contribution in [0.4, 0.5) is 0 Å². The van der Waals surface area contributed by atoms with Gasteiger partial charge in [0.1, 0.15) is 17.2 Å². The Morgan fingerprint density at radius 1 is 1.26 bits per heavy atom. The lowest BCUT2D eigenvalue weighted by Gasteiger charge is -2.04. The van der Waals surface area contributed by atoms with Crippen molar-refractivity contribution in [2.75, 3.05) is 0 Å². The summed E-state index contributed by atoms with van der Waals surface area (Å²) in [6.45, 7) is 4.13. The molecule has 0 N–H and O–H groups in total. The van der Waals surface area contributed by atoms with Crippen LogP contribution in [0, 0.1) is 6.92 Å². The monoisotopic (exact) mass is 350 g/mol. The smallest absolute Gasteiger partial charge is 0.271 e. The Labute approximate surface area is 142 Å². The van der Waals surface area contributed by atoms with Gasteiger partial charge in [0.2, 0.25) is 0 Å². The lowest BCUT2D eigenvalue weighted by molar-refractivity contribution is 0.754. The van der Waals surface area contributed by atoms with Crippen LogP contribution in [-0.2, 0) is 13.0 Å². The van der Waals surface area contributed by atoms with Gasteiger partial charge in [0.15, 0.2) is 10.8 Å². The van der Waals surface area contributed by atoms with Crippen LogP contribution in [0.3, 0.4) is 0 Å². The van der Waals surface area contributed by atoms with Gasteiger partial charge < -0.3 is 0 Å². The van der Waals surface area contributed by atoms with Crippen LogP contribution in [0.2, 0.25) is 5.15 Å². The summed E-state index contributed by atoms with van der Waals surface area (Å²) >= 11 is 10.4. The predicted octanol–water partition coefficient (Wildman–Crippen LogP) is 2.04. The lowest BCUT2D eigenvalue weighted by Crippen LogP contribution is -2.21. The Hall–Kier alpha value is -1.93. The number of imidazole rings is 1. The fourth-order valence-corrected chi connectivity index (χ4v) is 2.91. The van der Waals surface area contributed by atoms with Crippen LogP contribution in [0.5, 0.6) is 0 Å². The zero-order valence-electron chi connectivity index (χ0n) is 12.7. The van der Waals surface area contributed by atoms with Gasteiger partial charge in [-0.05, 0) is 13.3 Å². The van der Waals surface area contributed by atoms with Crippen LogP contribution in [0.1, 0.15) is 30.6 Å². The van der Waals surface area contributed by atoms with E-state index in [1.54, 1.807) is 19.3 Å². The van der Waals surface area contributed by atoms with E-state index in [0.29, 0.717) is 35.8 Å². The third kappa shape index (κ3) is 2.96. The first-order valence-electron chi connectivity index (χ1n) is 7.15. The zero-order chi connectivity index (χ0) is 16.6. The molecule has 3 rings (SSSR count). The number of rotatable bonds is 4. The summed E-state index contributed by atoms with van der Waals surface area (Å²) in [6, 6.07) is 0. The molecule has 0 saturated carbocycles. The van der Waals surface area contributed by atoms with Crippen LogP contribution in [-0.4, -0.2) is 28.5 Å². The summed E-state index contributed by atoms with van der Waals surface area (Å²) in [7, 11) is 0. The van der Waals surface area contributed by atoms with Crippen molar-refractivity contribution in [1.82, 2.24) is 28.5 Å². The molecule has 0 radical (unpaired) electrons. The van der Waals surface area contributed by atoms with Crippen molar-refractivity contribution in [2.24, 2.45) is 0 Å². The summed E-state index contributed by atoms with van der Waals surface area (Å²) in [5.74, 6) is 1.28. The molecule has 0 unspecified atom stereocenters. The van der Waals surface area contributed by atoms with E-state index in [1.807, 2.05) is 6.92 Å². The normalized spacial score (nSPS) is 11.3. The molecule has 0 spiro atoms. The number of nitrogens with zero attached hydrogens (tertiary/aromatic N) is 6. The van der Waals surface area contributed by atoms with Crippen molar-refractivity contribution in [3.05, 3.63) is 45.2 Å². The summed E-state index contributed by atoms with van der Waals surface area (Å²) in [6.07, 6.45) is 4.95. The van der Waals surface area contributed by atoms with Crippen molar-refractivity contribution in [2.45, 2.75) is 33.2 Å². The lowest BCUT2D eigenvalue weighted by atomic mass is 10.3. The summed E-state index contributed by atoms with van der Waals surface area (Å²) in [4.78, 5) is 29.5. The van der Waals surface area contributed by atoms with Gasteiger partial charge in [0, 0.05) is 24.4 Å². The van der Waals surface area contributed by atoms with Gasteiger partial charge >= 0.3 is 5.69 Å². The molecule has 3 heterocycles. The maximum Gasteiger partial charge on any atom is 0.340 e. The highest BCUT2D eigenvalue weighted by molar-refractivity contribution is 7.78. The number of halogens is 1. The van der Waals surface area contributed by atoms with E-state index in [1.165, 1.54) is 8.54 Å². The molecule has 0 aliphatic rings. The highest BCUT2D eigenvalue weighted by atomic mass is 35.5. The number of fused-ring (bicyclic) bond motifs is 1. The van der Waals surface area contributed by atoms with Gasteiger partial charge in [0.25, 0.3) is 0 Å². The summed E-state index contributed by atoms with van der Waals surface area (Å²) < 4.78 is 2.67. The van der Waals surface area contributed by atoms with Gasteiger partial charge in [-0.3, -0.25) is 4.57 Å². The van der Waals surface area contributed by atoms with Gasteiger partial charge in [0.05, 0.1) is 6.54 Å². The minimum Gasteiger partial charge on any atom is -0.271 e. The van der Waals surface area contributed by atoms with E-state index >= 15 is 0 Å². The number of hydrogen-bond donors (Lipinski definition) is 1. The second kappa shape index (κ2) is 6.29. The van der Waals surface area contributed by atoms with Crippen molar-refractivity contribution in [3.8, 4) is 0 Å². The Balaban J connectivity index is 2.17. The number of hydrogen-bond acceptors (Lipinski definition) is 6. The number of aromatic nitrogens is 6. The molecule has 0 saturated heterocycles. The second-order valence-electron chi connectivity index (χ2n) is 5.17. The minimum absolute atomic E-state index is 0.226. The molecule has 0 aliphatic heterocycles. The molecule has 0 amide bonds. The van der Waals surface area contributed by atoms with E-state index in [4.69, 9.17) is 11.6 Å². The molecule has 0 fully saturated rings. The highest BCUT2D eigenvalue weighted by Gasteiger charge is 2.18. The highest BCUT2D eigenvalue weighted by Crippen LogP contribution is 2.21. The molecule has 3 aromatic heterocycles. The maximum absolute atomic E-state index is 12.5. The molecule has 23 heavy (non-hydrogen) atoms. The molecular weight excluding hydrogens is 336 g/mol. The topological polar surface area (TPSA) is 78.5 Å². The molecule has 9 heteroatoms. The predicted molar refractivity (Wildman–Crippen MR) is 91.0 cm³/mol. The second-order valence-corrected chi connectivity index (χ2v) is 5.93. The Kier molecular flexibility index (Phi) is 4.36. The van der Waals surface area contributed by atoms with Crippen LogP contribution >= 0.6 is 24.4 Å². The Morgan fingerprint density at radius 3 is 2.61 bits per heavy atom. The molecule has 0 aliphatic carbocycles. The average Bonchev–Trinajstić information content (AvgIpc) is 2.75. The Bertz CT molecular complexity index is 918. The largest absolute Gasteiger partial charge is 0.340 e. The summed E-state index contributed by atoms with van der Waals surface area (Å²) in [5, 5.41) is 0.226.